The molecule has 5 heteroatoms. The van der Waals surface area contributed by atoms with Gasteiger partial charge in [-0.2, -0.15) is 0 Å². The van der Waals surface area contributed by atoms with Crippen molar-refractivity contribution < 1.29 is 9.53 Å². The number of carbonyl (C=O) groups is 1. The molecule has 0 amide bonds. The molecule has 0 bridgehead atoms. The highest BCUT2D eigenvalue weighted by atomic mass is 16.5. The van der Waals surface area contributed by atoms with Gasteiger partial charge in [0.2, 0.25) is 0 Å². The molecular weight excluding hydrogens is 206 g/mol. The molecule has 2 rings (SSSR count). The Kier molecular flexibility index (Phi) is 2.62. The molecule has 0 aliphatic rings. The molecule has 5 nitrogen and oxygen atoms in total. The lowest BCUT2D eigenvalue weighted by molar-refractivity contribution is -0.142. The van der Waals surface area contributed by atoms with Crippen LogP contribution in [-0.2, 0) is 9.53 Å². The molecule has 16 heavy (non-hydrogen) atoms. The van der Waals surface area contributed by atoms with Crippen LogP contribution >= 0.6 is 0 Å². The van der Waals surface area contributed by atoms with E-state index < -0.39 is 12.0 Å². The lowest BCUT2D eigenvalue weighted by Crippen LogP contribution is -2.22. The number of aromatic amines is 1. The maximum Gasteiger partial charge on any atom is 0.327 e. The molecule has 3 N–H and O–H groups in total. The Bertz CT molecular complexity index is 533. The molecule has 0 spiro atoms. The number of aryl methyl sites for hydroxylation is 1. The molecule has 1 heterocycles. The Labute approximate surface area is 92.6 Å². The number of benzene rings is 1. The van der Waals surface area contributed by atoms with Gasteiger partial charge in [0, 0.05) is 0 Å². The van der Waals surface area contributed by atoms with Crippen molar-refractivity contribution in [3.63, 3.8) is 0 Å². The van der Waals surface area contributed by atoms with Crippen molar-refractivity contribution in [2.24, 2.45) is 5.73 Å². The van der Waals surface area contributed by atoms with E-state index in [4.69, 9.17) is 5.73 Å². The van der Waals surface area contributed by atoms with Crippen LogP contribution in [0.3, 0.4) is 0 Å². The van der Waals surface area contributed by atoms with Gasteiger partial charge in [-0.25, -0.2) is 4.98 Å². The van der Waals surface area contributed by atoms with E-state index >= 15 is 0 Å². The maximum absolute atomic E-state index is 11.3. The fraction of sp³-hybridized carbons (Fsp3) is 0.273. The Morgan fingerprint density at radius 3 is 3.00 bits per heavy atom. The molecular formula is C11H13N3O2. The fourth-order valence-corrected chi connectivity index (χ4v) is 1.61. The lowest BCUT2D eigenvalue weighted by Gasteiger charge is -2.08. The average molecular weight is 219 g/mol. The quantitative estimate of drug-likeness (QED) is 0.739. The van der Waals surface area contributed by atoms with Gasteiger partial charge < -0.3 is 15.5 Å². The number of methoxy groups -OCH3 is 1. The number of fused-ring (bicyclic) bond motifs is 1. The van der Waals surface area contributed by atoms with Gasteiger partial charge in [0.25, 0.3) is 0 Å². The van der Waals surface area contributed by atoms with Crippen molar-refractivity contribution >= 4 is 17.0 Å². The zero-order valence-electron chi connectivity index (χ0n) is 9.15. The first-order valence-corrected chi connectivity index (χ1v) is 4.91. The number of hydrogen-bond acceptors (Lipinski definition) is 4. The van der Waals surface area contributed by atoms with Crippen LogP contribution in [0.5, 0.6) is 0 Å². The van der Waals surface area contributed by atoms with E-state index in [-0.39, 0.29) is 0 Å². The number of ether oxygens (including phenoxy) is 1. The highest BCUT2D eigenvalue weighted by Gasteiger charge is 2.16. The Hall–Kier alpha value is -1.88. The summed E-state index contributed by atoms with van der Waals surface area (Å²) in [7, 11) is 1.32. The molecule has 0 fully saturated rings. The van der Waals surface area contributed by atoms with Gasteiger partial charge >= 0.3 is 5.97 Å². The normalized spacial score (nSPS) is 12.7. The minimum Gasteiger partial charge on any atom is -0.468 e. The van der Waals surface area contributed by atoms with Crippen molar-refractivity contribution in [1.29, 1.82) is 0 Å². The third-order valence-electron chi connectivity index (χ3n) is 2.44. The molecule has 1 aromatic carbocycles. The monoisotopic (exact) mass is 219 g/mol. The number of esters is 1. The van der Waals surface area contributed by atoms with Crippen LogP contribution in [0.1, 0.15) is 17.4 Å². The molecule has 1 atom stereocenters. The summed E-state index contributed by atoms with van der Waals surface area (Å²) in [5, 5.41) is 0. The number of rotatable bonds is 2. The van der Waals surface area contributed by atoms with Crippen molar-refractivity contribution in [3.05, 3.63) is 29.6 Å². The molecule has 84 valence electrons. The number of nitrogens with one attached hydrogen (secondary N) is 1. The summed E-state index contributed by atoms with van der Waals surface area (Å²) in [6.45, 7) is 1.87. The smallest absolute Gasteiger partial charge is 0.327 e. The summed E-state index contributed by atoms with van der Waals surface area (Å²) in [6, 6.07) is 4.68. The fourth-order valence-electron chi connectivity index (χ4n) is 1.61. The first-order chi connectivity index (χ1) is 7.61. The number of nitrogens with zero attached hydrogens (tertiary/aromatic N) is 1. The van der Waals surface area contributed by atoms with Gasteiger partial charge in [-0.3, -0.25) is 4.79 Å². The number of imidazole rings is 1. The molecule has 2 aromatic rings. The van der Waals surface area contributed by atoms with Crippen LogP contribution in [0.15, 0.2) is 18.2 Å². The van der Waals surface area contributed by atoms with E-state index in [0.717, 1.165) is 16.9 Å². The molecule has 0 aliphatic carbocycles. The Morgan fingerprint density at radius 2 is 2.31 bits per heavy atom. The third kappa shape index (κ3) is 1.77. The summed E-state index contributed by atoms with van der Waals surface area (Å²) < 4.78 is 4.59. The van der Waals surface area contributed by atoms with Gasteiger partial charge in [-0.15, -0.1) is 0 Å². The minimum atomic E-state index is -0.752. The van der Waals surface area contributed by atoms with Gasteiger partial charge in [-0.05, 0) is 24.6 Å². The molecule has 0 radical (unpaired) electrons. The van der Waals surface area contributed by atoms with Crippen molar-refractivity contribution in [2.75, 3.05) is 7.11 Å². The molecule has 0 aliphatic heterocycles. The zero-order chi connectivity index (χ0) is 11.7. The summed E-state index contributed by atoms with van der Waals surface area (Å²) in [4.78, 5) is 18.6. The van der Waals surface area contributed by atoms with E-state index in [9.17, 15) is 4.79 Å². The second kappa shape index (κ2) is 3.94. The minimum absolute atomic E-state index is 0.449. The molecule has 0 saturated heterocycles. The van der Waals surface area contributed by atoms with Gasteiger partial charge in [0.15, 0.2) is 0 Å². The van der Waals surface area contributed by atoms with Gasteiger partial charge in [-0.1, -0.05) is 6.07 Å². The second-order valence-corrected chi connectivity index (χ2v) is 3.60. The number of carbonyl (C=O) groups excluding carboxylic acids is 1. The first-order valence-electron chi connectivity index (χ1n) is 4.91. The van der Waals surface area contributed by atoms with Crippen LogP contribution in [0, 0.1) is 6.92 Å². The average Bonchev–Trinajstić information content (AvgIpc) is 2.65. The van der Waals surface area contributed by atoms with Crippen LogP contribution in [-0.4, -0.2) is 23.0 Å². The van der Waals surface area contributed by atoms with Crippen LogP contribution in [0.4, 0.5) is 0 Å². The van der Waals surface area contributed by atoms with E-state index in [1.54, 1.807) is 6.07 Å². The number of aromatic nitrogens is 2. The van der Waals surface area contributed by atoms with E-state index in [2.05, 4.69) is 14.7 Å². The van der Waals surface area contributed by atoms with Crippen molar-refractivity contribution in [2.45, 2.75) is 13.0 Å². The van der Waals surface area contributed by atoms with Crippen LogP contribution in [0.2, 0.25) is 0 Å². The van der Waals surface area contributed by atoms with Gasteiger partial charge in [0.1, 0.15) is 11.9 Å². The molecule has 1 aromatic heterocycles. The summed E-state index contributed by atoms with van der Waals surface area (Å²) in [5.74, 6) is 0.384. The van der Waals surface area contributed by atoms with Crippen molar-refractivity contribution in [1.82, 2.24) is 9.97 Å². The van der Waals surface area contributed by atoms with Crippen molar-refractivity contribution in [3.8, 4) is 0 Å². The predicted octanol–water partition coefficient (Wildman–Crippen LogP) is 1.04. The van der Waals surface area contributed by atoms with Crippen LogP contribution in [0.25, 0.3) is 11.0 Å². The number of nitrogens with two attached hydrogens (primary N) is 1. The third-order valence-corrected chi connectivity index (χ3v) is 2.44. The number of hydrogen-bond donors (Lipinski definition) is 2. The van der Waals surface area contributed by atoms with E-state index in [1.165, 1.54) is 7.11 Å². The lowest BCUT2D eigenvalue weighted by atomic mass is 10.1. The summed E-state index contributed by atoms with van der Waals surface area (Å²) >= 11 is 0. The number of H-pyrrole nitrogens is 1. The summed E-state index contributed by atoms with van der Waals surface area (Å²) in [6.07, 6.45) is 0. The zero-order valence-corrected chi connectivity index (χ0v) is 9.15. The highest BCUT2D eigenvalue weighted by Crippen LogP contribution is 2.18. The Morgan fingerprint density at radius 1 is 1.56 bits per heavy atom. The van der Waals surface area contributed by atoms with Gasteiger partial charge in [0.05, 0.1) is 18.1 Å². The SMILES string of the molecule is COC(=O)C(N)c1ccc2nc(C)[nH]c2c1. The highest BCUT2D eigenvalue weighted by molar-refractivity contribution is 5.81. The largest absolute Gasteiger partial charge is 0.468 e. The maximum atomic E-state index is 11.3. The molecule has 0 saturated carbocycles. The second-order valence-electron chi connectivity index (χ2n) is 3.60. The first kappa shape index (κ1) is 10.6. The standard InChI is InChI=1S/C11H13N3O2/c1-6-13-8-4-3-7(5-9(8)14-6)10(12)11(15)16-2/h3-5,10H,12H2,1-2H3,(H,13,14). The van der Waals surface area contributed by atoms with E-state index in [1.807, 2.05) is 19.1 Å². The predicted molar refractivity (Wildman–Crippen MR) is 59.8 cm³/mol. The topological polar surface area (TPSA) is 81.0 Å². The summed E-state index contributed by atoms with van der Waals surface area (Å²) in [5.41, 5.74) is 8.18. The van der Waals surface area contributed by atoms with E-state index in [0.29, 0.717) is 5.56 Å². The molecule has 1 unspecified atom stereocenters. The Balaban J connectivity index is 2.42. The van der Waals surface area contributed by atoms with Crippen LogP contribution < -0.4 is 5.73 Å².